The third kappa shape index (κ3) is 5.27. The molecule has 2 N–H and O–H groups in total. The zero-order valence-corrected chi connectivity index (χ0v) is 13.6. The summed E-state index contributed by atoms with van der Waals surface area (Å²) in [7, 11) is 4.12. The third-order valence-electron chi connectivity index (χ3n) is 3.27. The van der Waals surface area contributed by atoms with Crippen molar-refractivity contribution >= 4 is 17.3 Å². The van der Waals surface area contributed by atoms with Gasteiger partial charge in [-0.3, -0.25) is 0 Å². The number of nitrogens with zero attached hydrogens (tertiary/aromatic N) is 2. The summed E-state index contributed by atoms with van der Waals surface area (Å²) in [6.45, 7) is 6.99. The van der Waals surface area contributed by atoms with E-state index in [9.17, 15) is 4.79 Å². The highest BCUT2D eigenvalue weighted by molar-refractivity contribution is 5.97. The molecule has 0 amide bonds. The van der Waals surface area contributed by atoms with E-state index in [1.54, 1.807) is 13.0 Å². The summed E-state index contributed by atoms with van der Waals surface area (Å²) >= 11 is 0. The number of carbonyl (C=O) groups is 1. The van der Waals surface area contributed by atoms with Gasteiger partial charge >= 0.3 is 5.97 Å². The number of anilines is 2. The van der Waals surface area contributed by atoms with Gasteiger partial charge in [0.2, 0.25) is 0 Å². The maximum absolute atomic E-state index is 12.1. The zero-order valence-electron chi connectivity index (χ0n) is 13.6. The number of rotatable bonds is 8. The van der Waals surface area contributed by atoms with E-state index >= 15 is 0 Å². The summed E-state index contributed by atoms with van der Waals surface area (Å²) in [5.41, 5.74) is 7.82. The van der Waals surface area contributed by atoms with Crippen molar-refractivity contribution in [1.29, 1.82) is 0 Å². The van der Waals surface area contributed by atoms with Crippen LogP contribution in [0.4, 0.5) is 11.4 Å². The molecule has 5 nitrogen and oxygen atoms in total. The monoisotopic (exact) mass is 293 g/mol. The molecule has 5 heteroatoms. The minimum absolute atomic E-state index is 0.314. The zero-order chi connectivity index (χ0) is 15.8. The molecule has 0 radical (unpaired) electrons. The fourth-order valence-corrected chi connectivity index (χ4v) is 2.23. The van der Waals surface area contributed by atoms with Crippen molar-refractivity contribution in [3.8, 4) is 0 Å². The van der Waals surface area contributed by atoms with E-state index in [1.807, 2.05) is 12.1 Å². The molecule has 21 heavy (non-hydrogen) atoms. The normalized spacial score (nSPS) is 10.7. The standard InChI is InChI=1S/C16H27N3O2/c1-5-19(11-7-10-18(3)4)15-9-8-13(17)12-14(15)16(20)21-6-2/h8-9,12H,5-7,10-11,17H2,1-4H3. The van der Waals surface area contributed by atoms with Gasteiger partial charge in [0.1, 0.15) is 0 Å². The molecule has 0 saturated carbocycles. The fraction of sp³-hybridized carbons (Fsp3) is 0.562. The second-order valence-electron chi connectivity index (χ2n) is 5.23. The smallest absolute Gasteiger partial charge is 0.340 e. The molecule has 0 aliphatic heterocycles. The molecule has 0 heterocycles. The molecule has 0 aliphatic carbocycles. The van der Waals surface area contributed by atoms with Crippen LogP contribution in [-0.2, 0) is 4.74 Å². The van der Waals surface area contributed by atoms with Gasteiger partial charge in [0.05, 0.1) is 17.9 Å². The van der Waals surface area contributed by atoms with E-state index in [0.717, 1.165) is 31.7 Å². The van der Waals surface area contributed by atoms with Crippen molar-refractivity contribution in [1.82, 2.24) is 4.90 Å². The molecule has 1 aromatic carbocycles. The molecular weight excluding hydrogens is 266 g/mol. The molecular formula is C16H27N3O2. The first-order valence-corrected chi connectivity index (χ1v) is 7.45. The van der Waals surface area contributed by atoms with Crippen LogP contribution in [0, 0.1) is 0 Å². The Labute approximate surface area is 127 Å². The maximum Gasteiger partial charge on any atom is 0.340 e. The minimum Gasteiger partial charge on any atom is -0.462 e. The summed E-state index contributed by atoms with van der Waals surface area (Å²) in [6.07, 6.45) is 1.04. The predicted molar refractivity (Wildman–Crippen MR) is 87.9 cm³/mol. The Kier molecular flexibility index (Phi) is 7.02. The molecule has 0 unspecified atom stereocenters. The van der Waals surface area contributed by atoms with Crippen LogP contribution in [0.5, 0.6) is 0 Å². The van der Waals surface area contributed by atoms with Crippen LogP contribution in [0.2, 0.25) is 0 Å². The van der Waals surface area contributed by atoms with E-state index in [1.165, 1.54) is 0 Å². The molecule has 0 aliphatic rings. The third-order valence-corrected chi connectivity index (χ3v) is 3.27. The fourth-order valence-electron chi connectivity index (χ4n) is 2.23. The first-order chi connectivity index (χ1) is 9.99. The molecule has 0 bridgehead atoms. The van der Waals surface area contributed by atoms with E-state index in [-0.39, 0.29) is 5.97 Å². The van der Waals surface area contributed by atoms with Gasteiger partial charge in [-0.1, -0.05) is 0 Å². The largest absolute Gasteiger partial charge is 0.462 e. The van der Waals surface area contributed by atoms with E-state index in [4.69, 9.17) is 10.5 Å². The molecule has 1 aromatic rings. The van der Waals surface area contributed by atoms with E-state index in [2.05, 4.69) is 30.8 Å². The van der Waals surface area contributed by atoms with Gasteiger partial charge in [-0.2, -0.15) is 0 Å². The van der Waals surface area contributed by atoms with Crippen molar-refractivity contribution in [2.75, 3.05) is 51.0 Å². The van der Waals surface area contributed by atoms with Gasteiger partial charge in [0.15, 0.2) is 0 Å². The summed E-state index contributed by atoms with van der Waals surface area (Å²) in [6, 6.07) is 5.43. The number of nitrogens with two attached hydrogens (primary N) is 1. The van der Waals surface area contributed by atoms with Crippen molar-refractivity contribution < 1.29 is 9.53 Å². The maximum atomic E-state index is 12.1. The average Bonchev–Trinajstić information content (AvgIpc) is 2.44. The van der Waals surface area contributed by atoms with Crippen molar-refractivity contribution in [3.63, 3.8) is 0 Å². The summed E-state index contributed by atoms with van der Waals surface area (Å²) < 4.78 is 5.13. The number of benzene rings is 1. The van der Waals surface area contributed by atoms with E-state index in [0.29, 0.717) is 17.9 Å². The topological polar surface area (TPSA) is 58.8 Å². The van der Waals surface area contributed by atoms with Crippen LogP contribution in [0.1, 0.15) is 30.6 Å². The van der Waals surface area contributed by atoms with Crippen molar-refractivity contribution in [2.45, 2.75) is 20.3 Å². The van der Waals surface area contributed by atoms with Gasteiger partial charge in [0.25, 0.3) is 0 Å². The van der Waals surface area contributed by atoms with Crippen LogP contribution < -0.4 is 10.6 Å². The van der Waals surface area contributed by atoms with Crippen LogP contribution in [0.15, 0.2) is 18.2 Å². The highest BCUT2D eigenvalue weighted by atomic mass is 16.5. The first-order valence-electron chi connectivity index (χ1n) is 7.45. The van der Waals surface area contributed by atoms with Crippen LogP contribution in [0.25, 0.3) is 0 Å². The molecule has 118 valence electrons. The molecule has 0 fully saturated rings. The lowest BCUT2D eigenvalue weighted by Gasteiger charge is -2.26. The number of esters is 1. The van der Waals surface area contributed by atoms with Crippen LogP contribution in [0.3, 0.4) is 0 Å². The number of hydrogen-bond donors (Lipinski definition) is 1. The van der Waals surface area contributed by atoms with Gasteiger partial charge < -0.3 is 20.3 Å². The first kappa shape index (κ1) is 17.3. The second kappa shape index (κ2) is 8.52. The Balaban J connectivity index is 2.94. The summed E-state index contributed by atoms with van der Waals surface area (Å²) in [5.74, 6) is -0.314. The molecule has 1 rings (SSSR count). The Morgan fingerprint density at radius 2 is 1.95 bits per heavy atom. The van der Waals surface area contributed by atoms with Crippen molar-refractivity contribution in [3.05, 3.63) is 23.8 Å². The Morgan fingerprint density at radius 3 is 2.52 bits per heavy atom. The SMILES string of the molecule is CCOC(=O)c1cc(N)ccc1N(CC)CCCN(C)C. The Morgan fingerprint density at radius 1 is 1.24 bits per heavy atom. The number of ether oxygens (including phenoxy) is 1. The molecule has 0 atom stereocenters. The van der Waals surface area contributed by atoms with E-state index < -0.39 is 0 Å². The molecule has 0 aromatic heterocycles. The Bertz CT molecular complexity index is 461. The van der Waals surface area contributed by atoms with Gasteiger partial charge in [-0.05, 0) is 59.1 Å². The average molecular weight is 293 g/mol. The van der Waals surface area contributed by atoms with Gasteiger partial charge in [-0.25, -0.2) is 4.79 Å². The molecule has 0 spiro atoms. The Hall–Kier alpha value is -1.75. The number of hydrogen-bond acceptors (Lipinski definition) is 5. The highest BCUT2D eigenvalue weighted by Crippen LogP contribution is 2.24. The summed E-state index contributed by atoms with van der Waals surface area (Å²) in [4.78, 5) is 16.5. The predicted octanol–water partition coefficient (Wildman–Crippen LogP) is 2.22. The second-order valence-corrected chi connectivity index (χ2v) is 5.23. The van der Waals surface area contributed by atoms with Crippen molar-refractivity contribution in [2.24, 2.45) is 0 Å². The van der Waals surface area contributed by atoms with Gasteiger partial charge in [0, 0.05) is 18.8 Å². The number of carbonyl (C=O) groups excluding carboxylic acids is 1. The quantitative estimate of drug-likeness (QED) is 0.588. The summed E-state index contributed by atoms with van der Waals surface area (Å²) in [5, 5.41) is 0. The van der Waals surface area contributed by atoms with Gasteiger partial charge in [-0.15, -0.1) is 0 Å². The number of nitrogen functional groups attached to an aromatic ring is 1. The lowest BCUT2D eigenvalue weighted by Crippen LogP contribution is -2.28. The lowest BCUT2D eigenvalue weighted by atomic mass is 10.1. The van der Waals surface area contributed by atoms with Crippen LogP contribution in [-0.4, -0.2) is 51.2 Å². The highest BCUT2D eigenvalue weighted by Gasteiger charge is 2.17. The molecule has 0 saturated heterocycles. The van der Waals surface area contributed by atoms with Crippen LogP contribution >= 0.6 is 0 Å². The minimum atomic E-state index is -0.314. The lowest BCUT2D eigenvalue weighted by molar-refractivity contribution is 0.0527.